The Morgan fingerprint density at radius 2 is 1.92 bits per heavy atom. The van der Waals surface area contributed by atoms with Crippen molar-refractivity contribution >= 4 is 0 Å². The Morgan fingerprint density at radius 3 is 2.46 bits per heavy atom. The van der Waals surface area contributed by atoms with Crippen LogP contribution in [0.3, 0.4) is 0 Å². The summed E-state index contributed by atoms with van der Waals surface area (Å²) in [4.78, 5) is 0. The van der Waals surface area contributed by atoms with Crippen LogP contribution in [0.2, 0.25) is 0 Å². The van der Waals surface area contributed by atoms with Gasteiger partial charge in [0, 0.05) is 5.54 Å². The molecule has 0 spiro atoms. The predicted molar refractivity (Wildman–Crippen MR) is 53.6 cm³/mol. The molecule has 68 valence electrons. The Labute approximate surface area is 79.2 Å². The number of hydrogen-bond donors (Lipinski definition) is 1. The van der Waals surface area contributed by atoms with Crippen LogP contribution < -0.4 is 5.32 Å². The summed E-state index contributed by atoms with van der Waals surface area (Å²) in [7, 11) is 0. The van der Waals surface area contributed by atoms with Crippen LogP contribution in [-0.2, 0) is 5.54 Å². The molecule has 2 aliphatic heterocycles. The van der Waals surface area contributed by atoms with Crippen molar-refractivity contribution in [3.63, 3.8) is 0 Å². The Hall–Kier alpha value is -0.820. The molecule has 4 rings (SSSR count). The lowest BCUT2D eigenvalue weighted by Crippen LogP contribution is -2.39. The third-order valence-electron chi connectivity index (χ3n) is 3.61. The summed E-state index contributed by atoms with van der Waals surface area (Å²) in [6, 6.07) is 9.00. The summed E-state index contributed by atoms with van der Waals surface area (Å²) in [5.41, 5.74) is 3.22. The largest absolute Gasteiger partial charge is 0.307 e. The van der Waals surface area contributed by atoms with Crippen molar-refractivity contribution in [3.05, 3.63) is 35.4 Å². The van der Waals surface area contributed by atoms with Crippen molar-refractivity contribution in [2.45, 2.75) is 25.3 Å². The molecule has 2 heterocycles. The predicted octanol–water partition coefficient (Wildman–Crippen LogP) is 2.20. The van der Waals surface area contributed by atoms with Crippen molar-refractivity contribution in [1.82, 2.24) is 5.32 Å². The van der Waals surface area contributed by atoms with Gasteiger partial charge < -0.3 is 5.32 Å². The van der Waals surface area contributed by atoms with E-state index in [0.717, 1.165) is 5.92 Å². The van der Waals surface area contributed by atoms with Crippen LogP contribution in [0.1, 0.15) is 24.0 Å². The van der Waals surface area contributed by atoms with Gasteiger partial charge in [-0.1, -0.05) is 29.8 Å². The van der Waals surface area contributed by atoms with E-state index >= 15 is 0 Å². The maximum absolute atomic E-state index is 3.64. The zero-order valence-electron chi connectivity index (χ0n) is 8.01. The van der Waals surface area contributed by atoms with Crippen molar-refractivity contribution in [2.75, 3.05) is 6.54 Å². The van der Waals surface area contributed by atoms with Crippen LogP contribution in [0, 0.1) is 12.8 Å². The van der Waals surface area contributed by atoms with Gasteiger partial charge in [-0.05, 0) is 37.8 Å². The molecule has 1 N–H and O–H groups in total. The maximum Gasteiger partial charge on any atom is 0.0441 e. The highest BCUT2D eigenvalue weighted by atomic mass is 15.1. The minimum absolute atomic E-state index is 0.373. The van der Waals surface area contributed by atoms with Crippen LogP contribution in [-0.4, -0.2) is 6.54 Å². The third-order valence-corrected chi connectivity index (χ3v) is 3.61. The molecule has 1 heteroatoms. The van der Waals surface area contributed by atoms with E-state index in [1.807, 2.05) is 0 Å². The molecule has 1 aliphatic carbocycles. The van der Waals surface area contributed by atoms with Crippen LogP contribution >= 0.6 is 0 Å². The molecular weight excluding hydrogens is 158 g/mol. The first kappa shape index (κ1) is 7.57. The normalized spacial score (nSPS) is 35.9. The second-order valence-corrected chi connectivity index (χ2v) is 4.60. The zero-order valence-corrected chi connectivity index (χ0v) is 8.01. The van der Waals surface area contributed by atoms with E-state index in [4.69, 9.17) is 0 Å². The highest BCUT2D eigenvalue weighted by molar-refractivity contribution is 5.32. The molecule has 2 saturated heterocycles. The van der Waals surface area contributed by atoms with Gasteiger partial charge in [0.05, 0.1) is 0 Å². The molecule has 1 saturated carbocycles. The van der Waals surface area contributed by atoms with Crippen molar-refractivity contribution in [2.24, 2.45) is 5.92 Å². The molecule has 2 bridgehead atoms. The highest BCUT2D eigenvalue weighted by Gasteiger charge is 2.50. The van der Waals surface area contributed by atoms with Crippen LogP contribution in [0.5, 0.6) is 0 Å². The highest BCUT2D eigenvalue weighted by Crippen LogP contribution is 2.50. The smallest absolute Gasteiger partial charge is 0.0441 e. The number of fused-ring (bicyclic) bond motifs is 1. The van der Waals surface area contributed by atoms with E-state index in [9.17, 15) is 0 Å². The standard InChI is InChI=1S/C12H15N/c1-9-2-4-11(5-3-9)12-6-10(7-12)8-13-12/h2-5,10,13H,6-8H2,1H3. The quantitative estimate of drug-likeness (QED) is 0.686. The van der Waals surface area contributed by atoms with Gasteiger partial charge in [0.15, 0.2) is 0 Å². The van der Waals surface area contributed by atoms with Crippen molar-refractivity contribution in [1.29, 1.82) is 0 Å². The van der Waals surface area contributed by atoms with Gasteiger partial charge in [-0.3, -0.25) is 0 Å². The third kappa shape index (κ3) is 0.969. The minimum atomic E-state index is 0.373. The number of nitrogens with one attached hydrogen (secondary N) is 1. The minimum Gasteiger partial charge on any atom is -0.307 e. The van der Waals surface area contributed by atoms with Gasteiger partial charge in [-0.2, -0.15) is 0 Å². The fourth-order valence-corrected chi connectivity index (χ4v) is 2.76. The van der Waals surface area contributed by atoms with Crippen LogP contribution in [0.15, 0.2) is 24.3 Å². The number of benzene rings is 1. The summed E-state index contributed by atoms with van der Waals surface area (Å²) in [5, 5.41) is 3.64. The number of hydrogen-bond acceptors (Lipinski definition) is 1. The van der Waals surface area contributed by atoms with E-state index in [1.165, 1.54) is 30.5 Å². The first-order chi connectivity index (χ1) is 6.28. The van der Waals surface area contributed by atoms with Crippen molar-refractivity contribution in [3.8, 4) is 0 Å². The van der Waals surface area contributed by atoms with E-state index in [1.54, 1.807) is 0 Å². The summed E-state index contributed by atoms with van der Waals surface area (Å²) >= 11 is 0. The monoisotopic (exact) mass is 173 g/mol. The molecule has 1 aromatic rings. The zero-order chi connectivity index (χ0) is 8.89. The molecule has 0 aromatic heterocycles. The van der Waals surface area contributed by atoms with Gasteiger partial charge in [-0.15, -0.1) is 0 Å². The second-order valence-electron chi connectivity index (χ2n) is 4.60. The summed E-state index contributed by atoms with van der Waals surface area (Å²) in [5.74, 6) is 0.960. The maximum atomic E-state index is 3.64. The molecule has 3 aliphatic rings. The first-order valence-electron chi connectivity index (χ1n) is 5.11. The summed E-state index contributed by atoms with van der Waals surface area (Å²) < 4.78 is 0. The Kier molecular flexibility index (Phi) is 1.37. The molecule has 3 fully saturated rings. The summed E-state index contributed by atoms with van der Waals surface area (Å²) in [6.07, 6.45) is 2.71. The van der Waals surface area contributed by atoms with Crippen LogP contribution in [0.25, 0.3) is 0 Å². The fraction of sp³-hybridized carbons (Fsp3) is 0.500. The molecule has 1 aromatic carbocycles. The molecule has 1 nitrogen and oxygen atoms in total. The van der Waals surface area contributed by atoms with Gasteiger partial charge >= 0.3 is 0 Å². The van der Waals surface area contributed by atoms with Crippen molar-refractivity contribution < 1.29 is 0 Å². The van der Waals surface area contributed by atoms with Gasteiger partial charge in [0.1, 0.15) is 0 Å². The first-order valence-corrected chi connectivity index (χ1v) is 5.11. The number of rotatable bonds is 1. The van der Waals surface area contributed by atoms with E-state index in [-0.39, 0.29) is 0 Å². The number of aryl methyl sites for hydroxylation is 1. The molecule has 0 unspecified atom stereocenters. The van der Waals surface area contributed by atoms with Gasteiger partial charge in [0.25, 0.3) is 0 Å². The summed E-state index contributed by atoms with van der Waals surface area (Å²) in [6.45, 7) is 3.38. The molecule has 0 amide bonds. The van der Waals surface area contributed by atoms with Gasteiger partial charge in [0.2, 0.25) is 0 Å². The Morgan fingerprint density at radius 1 is 1.23 bits per heavy atom. The molecule has 0 radical (unpaired) electrons. The second kappa shape index (κ2) is 2.36. The average Bonchev–Trinajstić information content (AvgIpc) is 2.63. The van der Waals surface area contributed by atoms with Gasteiger partial charge in [-0.25, -0.2) is 0 Å². The topological polar surface area (TPSA) is 12.0 Å². The molecular formula is C12H15N. The lowest BCUT2D eigenvalue weighted by molar-refractivity contribution is 0.229. The lowest BCUT2D eigenvalue weighted by atomic mass is 9.69. The van der Waals surface area contributed by atoms with Crippen LogP contribution in [0.4, 0.5) is 0 Å². The van der Waals surface area contributed by atoms with E-state index in [2.05, 4.69) is 36.5 Å². The van der Waals surface area contributed by atoms with E-state index in [0.29, 0.717) is 5.54 Å². The Bertz CT molecular complexity index is 314. The SMILES string of the molecule is Cc1ccc(C23CC(CN2)C3)cc1. The molecule has 0 atom stereocenters. The Balaban J connectivity index is 1.96. The average molecular weight is 173 g/mol. The molecule has 13 heavy (non-hydrogen) atoms. The lowest BCUT2D eigenvalue weighted by Gasteiger charge is -2.38. The fourth-order valence-electron chi connectivity index (χ4n) is 2.76. The van der Waals surface area contributed by atoms with E-state index < -0.39 is 0 Å².